The summed E-state index contributed by atoms with van der Waals surface area (Å²) in [7, 11) is 1.40. The van der Waals surface area contributed by atoms with E-state index in [2.05, 4.69) is 15.8 Å². The molecule has 3 aliphatic heterocycles. The van der Waals surface area contributed by atoms with Gasteiger partial charge in [0.15, 0.2) is 5.82 Å². The zero-order valence-corrected chi connectivity index (χ0v) is 35.6. The summed E-state index contributed by atoms with van der Waals surface area (Å²) in [6, 6.07) is 6.20. The van der Waals surface area contributed by atoms with Gasteiger partial charge in [0.05, 0.1) is 39.0 Å². The Bertz CT molecular complexity index is 2410. The number of halogens is 2. The first-order valence-electron chi connectivity index (χ1n) is 21.8. The van der Waals surface area contributed by atoms with Crippen molar-refractivity contribution < 1.29 is 38.0 Å². The molecule has 3 atom stereocenters. The predicted molar refractivity (Wildman–Crippen MR) is 228 cm³/mol. The minimum Gasteiger partial charge on any atom is -0.508 e. The van der Waals surface area contributed by atoms with Gasteiger partial charge in [0.25, 0.3) is 0 Å². The highest BCUT2D eigenvalue weighted by Crippen LogP contribution is 2.52. The average molecular weight is 839 g/mol. The number of terminal acetylenes is 1. The number of hydrogen-bond acceptors (Lipinski definition) is 11. The third-order valence-corrected chi connectivity index (χ3v) is 14.3. The number of ether oxygens (including phenoxy) is 3. The Kier molecular flexibility index (Phi) is 10.8. The number of amides is 1. The number of carbonyl (C=O) groups is 1. The number of hydrogen-bond donors (Lipinski definition) is 2. The molecule has 5 aliphatic rings. The van der Waals surface area contributed by atoms with Crippen LogP contribution in [-0.4, -0.2) is 118 Å². The highest BCUT2D eigenvalue weighted by atomic mass is 19.1. The van der Waals surface area contributed by atoms with Crippen LogP contribution in [0.15, 0.2) is 24.3 Å². The van der Waals surface area contributed by atoms with Crippen LogP contribution in [-0.2, 0) is 9.53 Å². The van der Waals surface area contributed by atoms with E-state index in [0.29, 0.717) is 30.6 Å². The van der Waals surface area contributed by atoms with E-state index < -0.39 is 17.2 Å². The molecule has 12 nitrogen and oxygen atoms in total. The third-order valence-electron chi connectivity index (χ3n) is 14.3. The van der Waals surface area contributed by atoms with Crippen molar-refractivity contribution in [2.45, 2.75) is 96.2 Å². The van der Waals surface area contributed by atoms with E-state index in [0.717, 1.165) is 77.4 Å². The number of benzene rings is 2. The zero-order valence-electron chi connectivity index (χ0n) is 35.6. The molecule has 2 aliphatic carbocycles. The summed E-state index contributed by atoms with van der Waals surface area (Å²) in [6.45, 7) is 9.60. The quantitative estimate of drug-likeness (QED) is 0.181. The largest absolute Gasteiger partial charge is 0.508 e. The fourth-order valence-corrected chi connectivity index (χ4v) is 11.4. The number of likely N-dealkylation sites (tertiary alicyclic amines) is 2. The second-order valence-corrected chi connectivity index (χ2v) is 18.9. The number of rotatable bonds is 8. The fraction of sp³-hybridized carbons (Fsp3) is 0.574. The first-order chi connectivity index (χ1) is 29.2. The summed E-state index contributed by atoms with van der Waals surface area (Å²) in [4.78, 5) is 33.5. The summed E-state index contributed by atoms with van der Waals surface area (Å²) in [5.74, 6) is 1.21. The van der Waals surface area contributed by atoms with Gasteiger partial charge in [-0.3, -0.25) is 9.69 Å². The monoisotopic (exact) mass is 838 g/mol. The highest BCUT2D eigenvalue weighted by molar-refractivity contribution is 6.04. The van der Waals surface area contributed by atoms with Crippen molar-refractivity contribution in [2.24, 2.45) is 16.7 Å². The Hall–Kier alpha value is -4.84. The molecule has 2 saturated carbocycles. The Labute approximate surface area is 355 Å². The Balaban J connectivity index is 1.07. The molecular formula is C47H56F2N6O6. The van der Waals surface area contributed by atoms with Gasteiger partial charge in [-0.1, -0.05) is 32.3 Å². The SMILES string of the molecule is C#Cc1c(F)ccc2cc(O)cc(-c3nc(OC)c4c(N5CCOC[C@@](C)(O)C5)nc(OC[C@]56CCC[C@H]5N(C5CCC7(CC5)CN(C(=O)C(C)C)C7)CCC6)nc4c3F)c12. The van der Waals surface area contributed by atoms with Crippen LogP contribution in [0.3, 0.4) is 0 Å². The number of carbonyl (C=O) groups excluding carboxylic acids is 1. The van der Waals surface area contributed by atoms with Crippen LogP contribution in [0.2, 0.25) is 0 Å². The molecule has 5 fully saturated rings. The molecule has 1 amide bonds. The number of phenols is 1. The van der Waals surface area contributed by atoms with Crippen LogP contribution in [0.5, 0.6) is 17.6 Å². The molecule has 2 aromatic carbocycles. The van der Waals surface area contributed by atoms with Gasteiger partial charge in [-0.15, -0.1) is 6.42 Å². The molecular weight excluding hydrogens is 783 g/mol. The number of pyridine rings is 1. The number of aromatic nitrogens is 3. The lowest BCUT2D eigenvalue weighted by molar-refractivity contribution is -0.150. The van der Waals surface area contributed by atoms with Gasteiger partial charge < -0.3 is 34.2 Å². The number of methoxy groups -OCH3 is 1. The molecule has 324 valence electrons. The molecule has 0 radical (unpaired) electrons. The van der Waals surface area contributed by atoms with Crippen molar-refractivity contribution in [1.29, 1.82) is 0 Å². The maximum Gasteiger partial charge on any atom is 0.319 e. The second-order valence-electron chi connectivity index (χ2n) is 18.9. The van der Waals surface area contributed by atoms with Crippen molar-refractivity contribution in [2.75, 3.05) is 64.6 Å². The summed E-state index contributed by atoms with van der Waals surface area (Å²) >= 11 is 0. The highest BCUT2D eigenvalue weighted by Gasteiger charge is 2.53. The molecule has 61 heavy (non-hydrogen) atoms. The zero-order chi connectivity index (χ0) is 42.8. The van der Waals surface area contributed by atoms with Crippen LogP contribution in [0.4, 0.5) is 14.6 Å². The third kappa shape index (κ3) is 7.40. The maximum absolute atomic E-state index is 17.5. The summed E-state index contributed by atoms with van der Waals surface area (Å²) in [6.07, 6.45) is 15.5. The number of fused-ring (bicyclic) bond motifs is 3. The Morgan fingerprint density at radius 3 is 2.54 bits per heavy atom. The average Bonchev–Trinajstić information content (AvgIpc) is 3.58. The molecule has 3 saturated heterocycles. The summed E-state index contributed by atoms with van der Waals surface area (Å²) in [5.41, 5.74) is -1.57. The number of β-amino-alcohol motifs (C(OH)–C–C–N with tert-alkyl or cyclic N) is 1. The first-order valence-corrected chi connectivity index (χ1v) is 21.8. The second kappa shape index (κ2) is 15.8. The van der Waals surface area contributed by atoms with Gasteiger partial charge in [-0.05, 0) is 88.4 Å². The molecule has 2 aromatic heterocycles. The molecule has 14 heteroatoms. The van der Waals surface area contributed by atoms with E-state index in [4.69, 9.17) is 30.6 Å². The van der Waals surface area contributed by atoms with Gasteiger partial charge in [-0.2, -0.15) is 9.97 Å². The molecule has 4 aromatic rings. The van der Waals surface area contributed by atoms with Gasteiger partial charge in [-0.25, -0.2) is 13.8 Å². The topological polar surface area (TPSA) is 134 Å². The van der Waals surface area contributed by atoms with E-state index in [1.54, 1.807) is 6.92 Å². The van der Waals surface area contributed by atoms with Crippen molar-refractivity contribution in [3.05, 3.63) is 41.5 Å². The van der Waals surface area contributed by atoms with E-state index in [9.17, 15) is 15.0 Å². The van der Waals surface area contributed by atoms with Gasteiger partial charge in [0, 0.05) is 59.4 Å². The van der Waals surface area contributed by atoms with E-state index in [-0.39, 0.29) is 99.0 Å². The maximum atomic E-state index is 17.5. The van der Waals surface area contributed by atoms with Crippen molar-refractivity contribution in [3.63, 3.8) is 0 Å². The number of phenolic OH excluding ortho intramolecular Hbond substituents is 1. The van der Waals surface area contributed by atoms with Gasteiger partial charge in [0.1, 0.15) is 39.6 Å². The standard InChI is InChI=1S/C47H56F2N6O6/c1-6-32-34(48)11-10-29-21-31(56)22-33(36(29)32)39-38(49)40-37(42(50-39)59-5)41(53-19-20-60-26-45(4,58)23-53)52-44(51-40)61-27-47-14-7-9-35(47)55(18-8-15-47)30-12-16-46(17-13-30)24-54(25-46)43(57)28(2)3/h1,10-11,21-22,28,30,35,56,58H,7-9,12-20,23-27H2,2-5H3/t35-,45+,47-/m1/s1. The van der Waals surface area contributed by atoms with Crippen LogP contribution >= 0.6 is 0 Å². The lowest BCUT2D eigenvalue weighted by atomic mass is 9.66. The van der Waals surface area contributed by atoms with Crippen molar-refractivity contribution >= 4 is 33.4 Å². The Morgan fingerprint density at radius 1 is 1.03 bits per heavy atom. The minimum atomic E-state index is -1.26. The van der Waals surface area contributed by atoms with Crippen LogP contribution < -0.4 is 14.4 Å². The lowest BCUT2D eigenvalue weighted by Gasteiger charge is -2.56. The van der Waals surface area contributed by atoms with Crippen LogP contribution in [0, 0.1) is 40.7 Å². The van der Waals surface area contributed by atoms with E-state index >= 15 is 8.78 Å². The first kappa shape index (κ1) is 41.5. The molecule has 2 N–H and O–H groups in total. The summed E-state index contributed by atoms with van der Waals surface area (Å²) < 4.78 is 50.9. The fourth-order valence-electron chi connectivity index (χ4n) is 11.4. The molecule has 1 spiro atoms. The van der Waals surface area contributed by atoms with Crippen LogP contribution in [0.1, 0.15) is 84.1 Å². The number of aromatic hydroxyl groups is 1. The number of nitrogens with zero attached hydrogens (tertiary/aromatic N) is 6. The van der Waals surface area contributed by atoms with Crippen LogP contribution in [0.25, 0.3) is 32.9 Å². The predicted octanol–water partition coefficient (Wildman–Crippen LogP) is 6.85. The Morgan fingerprint density at radius 2 is 1.80 bits per heavy atom. The van der Waals surface area contributed by atoms with E-state index in [1.807, 2.05) is 23.6 Å². The normalized spacial score (nSPS) is 25.7. The molecule has 0 unspecified atom stereocenters. The molecule has 0 bridgehead atoms. The minimum absolute atomic E-state index is 0.0133. The number of anilines is 1. The molecule has 5 heterocycles. The number of piperidine rings is 1. The number of aliphatic hydroxyl groups is 1. The van der Waals surface area contributed by atoms with Crippen molar-refractivity contribution in [3.8, 4) is 41.2 Å². The summed E-state index contributed by atoms with van der Waals surface area (Å²) in [5, 5.41) is 22.8. The lowest BCUT2D eigenvalue weighted by Crippen LogP contribution is -2.62. The van der Waals surface area contributed by atoms with Gasteiger partial charge in [0.2, 0.25) is 11.8 Å². The van der Waals surface area contributed by atoms with Gasteiger partial charge >= 0.3 is 6.01 Å². The smallest absolute Gasteiger partial charge is 0.319 e. The van der Waals surface area contributed by atoms with Crippen molar-refractivity contribution in [1.82, 2.24) is 24.8 Å². The molecule has 9 rings (SSSR count). The van der Waals surface area contributed by atoms with E-state index in [1.165, 1.54) is 31.4 Å².